The zero-order chi connectivity index (χ0) is 18.3. The van der Waals surface area contributed by atoms with Gasteiger partial charge in [0, 0.05) is 11.3 Å². The highest BCUT2D eigenvalue weighted by Crippen LogP contribution is 2.24. The van der Waals surface area contributed by atoms with E-state index in [9.17, 15) is 13.2 Å². The summed E-state index contributed by atoms with van der Waals surface area (Å²) < 4.78 is 44.7. The Morgan fingerprint density at radius 2 is 1.68 bits per heavy atom. The van der Waals surface area contributed by atoms with E-state index in [0.29, 0.717) is 17.0 Å². The summed E-state index contributed by atoms with van der Waals surface area (Å²) in [6.07, 6.45) is -2.51. The van der Waals surface area contributed by atoms with E-state index in [0.717, 1.165) is 18.4 Å². The number of nitrogens with one attached hydrogen (secondary N) is 1. The van der Waals surface area contributed by atoms with Crippen LogP contribution < -0.4 is 10.1 Å². The first-order valence-corrected chi connectivity index (χ1v) is 8.00. The first kappa shape index (κ1) is 18.7. The fourth-order valence-electron chi connectivity index (χ4n) is 2.25. The van der Waals surface area contributed by atoms with Crippen molar-refractivity contribution in [3.63, 3.8) is 0 Å². The van der Waals surface area contributed by atoms with Gasteiger partial charge in [-0.05, 0) is 48.4 Å². The summed E-state index contributed by atoms with van der Waals surface area (Å²) in [5.74, 6) is 5.47. The molecule has 2 rings (SSSR count). The van der Waals surface area contributed by atoms with Gasteiger partial charge >= 0.3 is 6.18 Å². The number of methoxy groups -OCH3 is 1. The van der Waals surface area contributed by atoms with Crippen LogP contribution in [-0.2, 0) is 6.42 Å². The molecule has 132 valence electrons. The van der Waals surface area contributed by atoms with Gasteiger partial charge in [-0.1, -0.05) is 37.3 Å². The lowest BCUT2D eigenvalue weighted by Crippen LogP contribution is -2.34. The minimum absolute atomic E-state index is 0.329. The van der Waals surface area contributed by atoms with E-state index in [4.69, 9.17) is 4.74 Å². The molecular formula is C20H20F3NO. The van der Waals surface area contributed by atoms with Gasteiger partial charge < -0.3 is 10.1 Å². The Morgan fingerprint density at radius 3 is 2.20 bits per heavy atom. The summed E-state index contributed by atoms with van der Waals surface area (Å²) >= 11 is 0. The van der Waals surface area contributed by atoms with Crippen LogP contribution >= 0.6 is 0 Å². The number of alkyl halides is 3. The molecule has 0 bridgehead atoms. The molecule has 1 atom stereocenters. The van der Waals surface area contributed by atoms with Gasteiger partial charge in [0.1, 0.15) is 5.75 Å². The zero-order valence-electron chi connectivity index (χ0n) is 14.2. The van der Waals surface area contributed by atoms with Crippen molar-refractivity contribution < 1.29 is 17.9 Å². The van der Waals surface area contributed by atoms with Gasteiger partial charge in [0.25, 0.3) is 0 Å². The molecule has 0 aliphatic heterocycles. The molecule has 5 heteroatoms. The van der Waals surface area contributed by atoms with E-state index in [1.807, 2.05) is 12.1 Å². The van der Waals surface area contributed by atoms with Crippen LogP contribution in [0.5, 0.6) is 5.75 Å². The van der Waals surface area contributed by atoms with Crippen LogP contribution in [0.1, 0.15) is 24.5 Å². The maximum absolute atomic E-state index is 13.2. The molecule has 25 heavy (non-hydrogen) atoms. The molecular weight excluding hydrogens is 327 g/mol. The van der Waals surface area contributed by atoms with Crippen LogP contribution in [0.3, 0.4) is 0 Å². The Hall–Kier alpha value is -2.61. The van der Waals surface area contributed by atoms with Gasteiger partial charge in [0.2, 0.25) is 0 Å². The van der Waals surface area contributed by atoms with Crippen molar-refractivity contribution in [1.82, 2.24) is 0 Å². The van der Waals surface area contributed by atoms with Crippen molar-refractivity contribution in [2.24, 2.45) is 0 Å². The molecule has 0 fully saturated rings. The van der Waals surface area contributed by atoms with Crippen LogP contribution in [0.4, 0.5) is 18.9 Å². The summed E-state index contributed by atoms with van der Waals surface area (Å²) in [7, 11) is 1.50. The third-order valence-electron chi connectivity index (χ3n) is 3.58. The average molecular weight is 347 g/mol. The highest BCUT2D eigenvalue weighted by atomic mass is 19.4. The van der Waals surface area contributed by atoms with E-state index in [1.165, 1.54) is 19.2 Å². The lowest BCUT2D eigenvalue weighted by molar-refractivity contribution is -0.130. The Kier molecular flexibility index (Phi) is 6.35. The largest absolute Gasteiger partial charge is 0.497 e. The van der Waals surface area contributed by atoms with Crippen molar-refractivity contribution in [1.29, 1.82) is 0 Å². The SMILES string of the molecule is CCCc1ccc(C#C[C@H](Nc2ccc(OC)cc2)C(F)(F)F)cc1. The molecule has 0 heterocycles. The molecule has 0 radical (unpaired) electrons. The number of hydrogen-bond donors (Lipinski definition) is 1. The predicted octanol–water partition coefficient (Wildman–Crippen LogP) is 5.04. The molecule has 0 aromatic heterocycles. The van der Waals surface area contributed by atoms with Crippen LogP contribution in [0.25, 0.3) is 0 Å². The molecule has 0 aliphatic carbocycles. The molecule has 2 aromatic rings. The summed E-state index contributed by atoms with van der Waals surface area (Å²) in [4.78, 5) is 0. The van der Waals surface area contributed by atoms with Crippen molar-refractivity contribution in [2.45, 2.75) is 32.0 Å². The third kappa shape index (κ3) is 5.75. The molecule has 2 nitrogen and oxygen atoms in total. The van der Waals surface area contributed by atoms with Crippen LogP contribution in [-0.4, -0.2) is 19.3 Å². The van der Waals surface area contributed by atoms with Crippen LogP contribution in [0.2, 0.25) is 0 Å². The molecule has 0 amide bonds. The number of anilines is 1. The van der Waals surface area contributed by atoms with Crippen molar-refractivity contribution in [3.05, 3.63) is 59.7 Å². The topological polar surface area (TPSA) is 21.3 Å². The highest BCUT2D eigenvalue weighted by molar-refractivity contribution is 5.50. The Balaban J connectivity index is 2.15. The van der Waals surface area contributed by atoms with Gasteiger partial charge in [-0.2, -0.15) is 13.2 Å². The molecule has 0 saturated carbocycles. The second-order valence-electron chi connectivity index (χ2n) is 5.56. The lowest BCUT2D eigenvalue weighted by atomic mass is 10.1. The lowest BCUT2D eigenvalue weighted by Gasteiger charge is -2.17. The summed E-state index contributed by atoms with van der Waals surface area (Å²) in [5, 5.41) is 2.42. The van der Waals surface area contributed by atoms with Crippen molar-refractivity contribution in [2.75, 3.05) is 12.4 Å². The summed E-state index contributed by atoms with van der Waals surface area (Å²) in [6, 6.07) is 11.6. The number of ether oxygens (including phenoxy) is 1. The number of halogens is 3. The minimum atomic E-state index is -4.48. The smallest absolute Gasteiger partial charge is 0.420 e. The summed E-state index contributed by atoms with van der Waals surface area (Å²) in [5.41, 5.74) is 2.04. The van der Waals surface area contributed by atoms with E-state index in [2.05, 4.69) is 24.1 Å². The fourth-order valence-corrected chi connectivity index (χ4v) is 2.25. The zero-order valence-corrected chi connectivity index (χ0v) is 14.2. The van der Waals surface area contributed by atoms with Crippen molar-refractivity contribution in [3.8, 4) is 17.6 Å². The van der Waals surface area contributed by atoms with E-state index < -0.39 is 12.2 Å². The monoisotopic (exact) mass is 347 g/mol. The number of aryl methyl sites for hydroxylation is 1. The average Bonchev–Trinajstić information content (AvgIpc) is 2.59. The van der Waals surface area contributed by atoms with Crippen LogP contribution in [0.15, 0.2) is 48.5 Å². The van der Waals surface area contributed by atoms with Crippen LogP contribution in [0, 0.1) is 11.8 Å². The predicted molar refractivity (Wildman–Crippen MR) is 93.8 cm³/mol. The van der Waals surface area contributed by atoms with E-state index in [1.54, 1.807) is 24.3 Å². The second-order valence-corrected chi connectivity index (χ2v) is 5.56. The Bertz CT molecular complexity index is 725. The van der Waals surface area contributed by atoms with E-state index >= 15 is 0 Å². The van der Waals surface area contributed by atoms with E-state index in [-0.39, 0.29) is 0 Å². The Morgan fingerprint density at radius 1 is 1.04 bits per heavy atom. The first-order valence-electron chi connectivity index (χ1n) is 8.00. The van der Waals surface area contributed by atoms with Crippen molar-refractivity contribution >= 4 is 5.69 Å². The highest BCUT2D eigenvalue weighted by Gasteiger charge is 2.38. The molecule has 0 spiro atoms. The molecule has 0 aliphatic rings. The molecule has 0 saturated heterocycles. The number of benzene rings is 2. The second kappa shape index (κ2) is 8.48. The molecule has 2 aromatic carbocycles. The summed E-state index contributed by atoms with van der Waals surface area (Å²) in [6.45, 7) is 2.08. The minimum Gasteiger partial charge on any atom is -0.497 e. The first-order chi connectivity index (χ1) is 11.9. The standard InChI is InChI=1S/C20H20F3NO/c1-3-4-15-5-7-16(8-6-15)9-14-19(20(21,22)23)24-17-10-12-18(25-2)13-11-17/h5-8,10-13,19,24H,3-4H2,1-2H3/t19-/m0/s1. The van der Waals surface area contributed by atoms with Gasteiger partial charge in [-0.3, -0.25) is 0 Å². The fraction of sp³-hybridized carbons (Fsp3) is 0.300. The quantitative estimate of drug-likeness (QED) is 0.765. The molecule has 0 unspecified atom stereocenters. The van der Waals surface area contributed by atoms with Gasteiger partial charge in [-0.15, -0.1) is 0 Å². The Labute approximate surface area is 146 Å². The maximum Gasteiger partial charge on any atom is 0.420 e. The number of rotatable bonds is 5. The molecule has 1 N–H and O–H groups in total. The maximum atomic E-state index is 13.2. The van der Waals surface area contributed by atoms with Gasteiger partial charge in [0.05, 0.1) is 7.11 Å². The normalized spacial score (nSPS) is 12.0. The third-order valence-corrected chi connectivity index (χ3v) is 3.58. The van der Waals surface area contributed by atoms with Gasteiger partial charge in [0.15, 0.2) is 6.04 Å². The number of hydrogen-bond acceptors (Lipinski definition) is 2. The van der Waals surface area contributed by atoms with Gasteiger partial charge in [-0.25, -0.2) is 0 Å².